The molecule has 7 nitrogen and oxygen atoms in total. The molecule has 2 N–H and O–H groups in total. The van der Waals surface area contributed by atoms with Crippen molar-refractivity contribution < 1.29 is 18.8 Å². The Labute approximate surface area is 241 Å². The first-order chi connectivity index (χ1) is 19.7. The van der Waals surface area contributed by atoms with E-state index in [9.17, 15) is 18.8 Å². The lowest BCUT2D eigenvalue weighted by Gasteiger charge is -2.38. The molecule has 0 saturated carbocycles. The molecule has 8 heteroatoms. The van der Waals surface area contributed by atoms with E-state index in [1.54, 1.807) is 18.2 Å². The van der Waals surface area contributed by atoms with Gasteiger partial charge in [0.15, 0.2) is 0 Å². The summed E-state index contributed by atoms with van der Waals surface area (Å²) in [7, 11) is 0. The number of nitrogens with one attached hydrogen (secondary N) is 2. The number of piperazine rings is 1. The van der Waals surface area contributed by atoms with Gasteiger partial charge in [0, 0.05) is 50.5 Å². The second kappa shape index (κ2) is 13.9. The molecule has 4 rings (SSSR count). The zero-order chi connectivity index (χ0) is 29.4. The quantitative estimate of drug-likeness (QED) is 0.340. The monoisotopic (exact) mass is 558 g/mol. The summed E-state index contributed by atoms with van der Waals surface area (Å²) in [5, 5.41) is 5.83. The SMILES string of the molecule is CC[C@@H](C(=O)N1CCN(c2ccc(NC(=O)CC(C)C)cc2C(=O)NCc2ccc(F)cc2)CC1)c1ccccc1. The first-order valence-electron chi connectivity index (χ1n) is 14.3. The minimum atomic E-state index is -0.334. The van der Waals surface area contributed by atoms with E-state index in [0.717, 1.165) is 23.2 Å². The van der Waals surface area contributed by atoms with Crippen molar-refractivity contribution in [3.63, 3.8) is 0 Å². The Hall–Kier alpha value is -4.20. The topological polar surface area (TPSA) is 81.8 Å². The van der Waals surface area contributed by atoms with Crippen molar-refractivity contribution in [2.75, 3.05) is 36.4 Å². The molecule has 1 fully saturated rings. The molecule has 3 aromatic carbocycles. The predicted octanol–water partition coefficient (Wildman–Crippen LogP) is 5.58. The first-order valence-corrected chi connectivity index (χ1v) is 14.3. The van der Waals surface area contributed by atoms with E-state index in [1.165, 1.54) is 12.1 Å². The standard InChI is InChI=1S/C33H39FN4O3/c1-4-28(25-8-6-5-7-9-25)33(41)38-18-16-37(17-19-38)30-15-14-27(36-31(39)20-23(2)3)21-29(30)32(40)35-22-24-10-12-26(34)13-11-24/h5-15,21,23,28H,4,16-20,22H2,1-3H3,(H,35,40)(H,36,39)/t28-/m1/s1. The molecular weight excluding hydrogens is 519 g/mol. The second-order valence-electron chi connectivity index (χ2n) is 10.9. The molecule has 1 aliphatic rings. The molecule has 3 aromatic rings. The number of benzene rings is 3. The molecule has 1 atom stereocenters. The second-order valence-corrected chi connectivity index (χ2v) is 10.9. The highest BCUT2D eigenvalue weighted by molar-refractivity contribution is 6.02. The zero-order valence-corrected chi connectivity index (χ0v) is 24.0. The number of hydrogen-bond donors (Lipinski definition) is 2. The van der Waals surface area contributed by atoms with Crippen molar-refractivity contribution in [1.82, 2.24) is 10.2 Å². The molecule has 0 bridgehead atoms. The van der Waals surface area contributed by atoms with Gasteiger partial charge in [0.05, 0.1) is 11.5 Å². The van der Waals surface area contributed by atoms with E-state index in [4.69, 9.17) is 0 Å². The number of halogens is 1. The zero-order valence-electron chi connectivity index (χ0n) is 24.0. The summed E-state index contributed by atoms with van der Waals surface area (Å²) < 4.78 is 13.3. The van der Waals surface area contributed by atoms with Crippen molar-refractivity contribution >= 4 is 29.1 Å². The van der Waals surface area contributed by atoms with Gasteiger partial charge in [0.25, 0.3) is 5.91 Å². The molecule has 216 valence electrons. The van der Waals surface area contributed by atoms with Crippen LogP contribution in [0.2, 0.25) is 0 Å². The molecule has 1 heterocycles. The molecule has 1 aliphatic heterocycles. The van der Waals surface area contributed by atoms with Crippen molar-refractivity contribution in [3.8, 4) is 0 Å². The van der Waals surface area contributed by atoms with Crippen LogP contribution in [-0.2, 0) is 16.1 Å². The molecule has 0 aromatic heterocycles. The fourth-order valence-corrected chi connectivity index (χ4v) is 5.16. The minimum absolute atomic E-state index is 0.110. The molecule has 0 spiro atoms. The van der Waals surface area contributed by atoms with E-state index >= 15 is 0 Å². The number of amides is 3. The molecule has 0 aliphatic carbocycles. The summed E-state index contributed by atoms with van der Waals surface area (Å²) in [5.41, 5.74) is 3.53. The largest absolute Gasteiger partial charge is 0.367 e. The molecule has 41 heavy (non-hydrogen) atoms. The number of nitrogens with zero attached hydrogens (tertiary/aromatic N) is 2. The average molecular weight is 559 g/mol. The van der Waals surface area contributed by atoms with E-state index in [2.05, 4.69) is 15.5 Å². The van der Waals surface area contributed by atoms with Crippen LogP contribution in [0.3, 0.4) is 0 Å². The van der Waals surface area contributed by atoms with Crippen molar-refractivity contribution in [3.05, 3.63) is 95.3 Å². The minimum Gasteiger partial charge on any atom is -0.367 e. The third-order valence-electron chi connectivity index (χ3n) is 7.33. The summed E-state index contributed by atoms with van der Waals surface area (Å²) in [6, 6.07) is 21.2. The highest BCUT2D eigenvalue weighted by Crippen LogP contribution is 2.28. The van der Waals surface area contributed by atoms with Gasteiger partial charge < -0.3 is 20.4 Å². The van der Waals surface area contributed by atoms with Crippen LogP contribution >= 0.6 is 0 Å². The van der Waals surface area contributed by atoms with Crippen LogP contribution in [0.1, 0.15) is 61.0 Å². The Morgan fingerprint density at radius 1 is 0.902 bits per heavy atom. The maximum Gasteiger partial charge on any atom is 0.253 e. The summed E-state index contributed by atoms with van der Waals surface area (Å²) in [4.78, 5) is 43.3. The van der Waals surface area contributed by atoms with E-state index in [1.807, 2.05) is 68.1 Å². The number of carbonyl (C=O) groups is 3. The Bertz CT molecular complexity index is 1340. The van der Waals surface area contributed by atoms with Crippen LogP contribution in [0, 0.1) is 11.7 Å². The maximum atomic E-state index is 13.4. The summed E-state index contributed by atoms with van der Waals surface area (Å²) in [6.07, 6.45) is 1.11. The highest BCUT2D eigenvalue weighted by Gasteiger charge is 2.29. The van der Waals surface area contributed by atoms with E-state index < -0.39 is 0 Å². The van der Waals surface area contributed by atoms with Gasteiger partial charge >= 0.3 is 0 Å². The third kappa shape index (κ3) is 7.93. The normalized spacial score (nSPS) is 14.1. The van der Waals surface area contributed by atoms with Gasteiger partial charge in [0.1, 0.15) is 5.82 Å². The van der Waals surface area contributed by atoms with Crippen LogP contribution in [-0.4, -0.2) is 48.8 Å². The smallest absolute Gasteiger partial charge is 0.253 e. The Morgan fingerprint density at radius 2 is 1.59 bits per heavy atom. The lowest BCUT2D eigenvalue weighted by Crippen LogP contribution is -2.50. The first kappa shape index (κ1) is 29.8. The maximum absolute atomic E-state index is 13.4. The van der Waals surface area contributed by atoms with Crippen molar-refractivity contribution in [1.29, 1.82) is 0 Å². The Balaban J connectivity index is 1.50. The number of carbonyl (C=O) groups excluding carboxylic acids is 3. The van der Waals surface area contributed by atoms with Gasteiger partial charge in [-0.1, -0.05) is 63.2 Å². The molecule has 0 radical (unpaired) electrons. The summed E-state index contributed by atoms with van der Waals surface area (Å²) in [5.74, 6) is -0.581. The third-order valence-corrected chi connectivity index (χ3v) is 7.33. The molecule has 0 unspecified atom stereocenters. The van der Waals surface area contributed by atoms with Crippen molar-refractivity contribution in [2.24, 2.45) is 5.92 Å². The predicted molar refractivity (Wildman–Crippen MR) is 160 cm³/mol. The van der Waals surface area contributed by atoms with Crippen molar-refractivity contribution in [2.45, 2.75) is 46.1 Å². The Morgan fingerprint density at radius 3 is 2.22 bits per heavy atom. The van der Waals surface area contributed by atoms with Gasteiger partial charge in [-0.2, -0.15) is 0 Å². The van der Waals surface area contributed by atoms with Crippen LogP contribution in [0.15, 0.2) is 72.8 Å². The van der Waals surface area contributed by atoms with Crippen LogP contribution < -0.4 is 15.5 Å². The number of anilines is 2. The van der Waals surface area contributed by atoms with Crippen LogP contribution in [0.4, 0.5) is 15.8 Å². The average Bonchev–Trinajstić information content (AvgIpc) is 2.97. The van der Waals surface area contributed by atoms with Gasteiger partial charge in [-0.25, -0.2) is 4.39 Å². The van der Waals surface area contributed by atoms with Crippen LogP contribution in [0.5, 0.6) is 0 Å². The summed E-state index contributed by atoms with van der Waals surface area (Å²) in [6.45, 7) is 8.47. The highest BCUT2D eigenvalue weighted by atomic mass is 19.1. The number of rotatable bonds is 10. The van der Waals surface area contributed by atoms with E-state index in [0.29, 0.717) is 43.9 Å². The van der Waals surface area contributed by atoms with E-state index in [-0.39, 0.29) is 41.9 Å². The van der Waals surface area contributed by atoms with Gasteiger partial charge in [-0.05, 0) is 53.8 Å². The fourth-order valence-electron chi connectivity index (χ4n) is 5.16. The lowest BCUT2D eigenvalue weighted by atomic mass is 9.94. The lowest BCUT2D eigenvalue weighted by molar-refractivity contribution is -0.133. The Kier molecular flexibility index (Phi) is 10.1. The van der Waals surface area contributed by atoms with Gasteiger partial charge in [-0.3, -0.25) is 14.4 Å². The summed E-state index contributed by atoms with van der Waals surface area (Å²) >= 11 is 0. The molecular formula is C33H39FN4O3. The van der Waals surface area contributed by atoms with Gasteiger partial charge in [0.2, 0.25) is 11.8 Å². The molecule has 1 saturated heterocycles. The van der Waals surface area contributed by atoms with Crippen LogP contribution in [0.25, 0.3) is 0 Å². The fraction of sp³-hybridized carbons (Fsp3) is 0.364. The van der Waals surface area contributed by atoms with Gasteiger partial charge in [-0.15, -0.1) is 0 Å². The number of hydrogen-bond acceptors (Lipinski definition) is 4. The molecule has 3 amide bonds.